The topological polar surface area (TPSA) is 69.7 Å². The number of aromatic amines is 1. The van der Waals surface area contributed by atoms with Gasteiger partial charge < -0.3 is 10.3 Å². The second kappa shape index (κ2) is 11.4. The van der Waals surface area contributed by atoms with Gasteiger partial charge in [0, 0.05) is 37.1 Å². The van der Waals surface area contributed by atoms with E-state index in [1.165, 1.54) is 22.4 Å². The molecule has 0 saturated carbocycles. The van der Waals surface area contributed by atoms with Crippen molar-refractivity contribution in [2.24, 2.45) is 0 Å². The smallest absolute Gasteiger partial charge is 0.121 e. The van der Waals surface area contributed by atoms with E-state index in [9.17, 15) is 0 Å². The summed E-state index contributed by atoms with van der Waals surface area (Å²) in [5.41, 5.74) is 8.06. The summed E-state index contributed by atoms with van der Waals surface area (Å²) in [6.45, 7) is 3.09. The minimum Gasteiger partial charge on any atom is -0.341 e. The highest BCUT2D eigenvalue weighted by molar-refractivity contribution is 6.31. The van der Waals surface area contributed by atoms with Crippen LogP contribution in [0.2, 0.25) is 5.02 Å². The molecule has 0 saturated heterocycles. The zero-order valence-electron chi connectivity index (χ0n) is 21.3. The van der Waals surface area contributed by atoms with Gasteiger partial charge in [-0.2, -0.15) is 0 Å². The van der Waals surface area contributed by atoms with Crippen molar-refractivity contribution in [1.82, 2.24) is 30.2 Å². The highest BCUT2D eigenvalue weighted by Crippen LogP contribution is 2.34. The summed E-state index contributed by atoms with van der Waals surface area (Å²) in [6.07, 6.45) is 7.10. The Labute approximate surface area is 228 Å². The van der Waals surface area contributed by atoms with Crippen LogP contribution in [0.5, 0.6) is 0 Å². The monoisotopic (exact) mass is 522 g/mol. The highest BCUT2D eigenvalue weighted by Gasteiger charge is 2.28. The van der Waals surface area contributed by atoms with Crippen LogP contribution in [0.15, 0.2) is 85.2 Å². The number of pyridine rings is 2. The maximum absolute atomic E-state index is 6.21. The summed E-state index contributed by atoms with van der Waals surface area (Å²) in [5.74, 6) is 0.945. The molecule has 3 aromatic heterocycles. The van der Waals surface area contributed by atoms with Crippen LogP contribution in [0.4, 0.5) is 0 Å². The number of benzene rings is 2. The first-order valence-electron chi connectivity index (χ1n) is 13.2. The molecule has 0 bridgehead atoms. The molecule has 2 aromatic carbocycles. The molecule has 1 aliphatic rings. The Balaban J connectivity index is 1.20. The number of halogens is 1. The van der Waals surface area contributed by atoms with Gasteiger partial charge in [0.25, 0.3) is 0 Å². The molecular weight excluding hydrogens is 492 g/mol. The molecule has 1 aliphatic carbocycles. The van der Waals surface area contributed by atoms with E-state index in [2.05, 4.69) is 56.6 Å². The van der Waals surface area contributed by atoms with Crippen molar-refractivity contribution in [3.63, 3.8) is 0 Å². The molecule has 0 amide bonds. The number of H-pyrrole nitrogens is 1. The molecule has 1 atom stereocenters. The standard InChI is InChI=1S/C31H31ClN6/c32-25-13-14-27-28(17-25)37-30(36-27)21-38(29-8-3-5-24-6-4-16-35-31(24)29)20-23-11-9-22(10-12-23)18-33-19-26-7-1-2-15-34-26/h1-2,4,6-7,9-17,29,33H,3,5,8,18-21H2,(H,36,37). The minimum atomic E-state index is 0.247. The fraction of sp³-hybridized carbons (Fsp3) is 0.258. The van der Waals surface area contributed by atoms with E-state index in [0.717, 1.165) is 61.4 Å². The maximum Gasteiger partial charge on any atom is 0.121 e. The van der Waals surface area contributed by atoms with E-state index in [4.69, 9.17) is 21.6 Å². The van der Waals surface area contributed by atoms with Crippen molar-refractivity contribution in [2.45, 2.75) is 51.5 Å². The largest absolute Gasteiger partial charge is 0.341 e. The van der Waals surface area contributed by atoms with Gasteiger partial charge in [0.2, 0.25) is 0 Å². The number of aromatic nitrogens is 4. The van der Waals surface area contributed by atoms with Crippen molar-refractivity contribution >= 4 is 22.6 Å². The Morgan fingerprint density at radius 3 is 2.63 bits per heavy atom. The molecule has 0 fully saturated rings. The summed E-state index contributed by atoms with van der Waals surface area (Å²) in [5, 5.41) is 4.19. The average Bonchev–Trinajstić information content (AvgIpc) is 3.35. The van der Waals surface area contributed by atoms with Gasteiger partial charge in [-0.3, -0.25) is 14.9 Å². The van der Waals surface area contributed by atoms with Gasteiger partial charge in [-0.25, -0.2) is 4.98 Å². The van der Waals surface area contributed by atoms with Crippen molar-refractivity contribution in [2.75, 3.05) is 0 Å². The Morgan fingerprint density at radius 2 is 1.76 bits per heavy atom. The van der Waals surface area contributed by atoms with Gasteiger partial charge in [-0.15, -0.1) is 0 Å². The number of nitrogens with one attached hydrogen (secondary N) is 2. The van der Waals surface area contributed by atoms with E-state index >= 15 is 0 Å². The minimum absolute atomic E-state index is 0.247. The normalized spacial score (nSPS) is 15.2. The molecule has 1 unspecified atom stereocenters. The number of rotatable bonds is 9. The fourth-order valence-electron chi connectivity index (χ4n) is 5.35. The predicted octanol–water partition coefficient (Wildman–Crippen LogP) is 6.38. The lowest BCUT2D eigenvalue weighted by molar-refractivity contribution is 0.153. The van der Waals surface area contributed by atoms with Crippen molar-refractivity contribution in [3.05, 3.63) is 124 Å². The third-order valence-corrected chi connectivity index (χ3v) is 7.46. The molecule has 6 nitrogen and oxygen atoms in total. The van der Waals surface area contributed by atoms with Crippen LogP contribution in [-0.2, 0) is 32.6 Å². The van der Waals surface area contributed by atoms with Crippen LogP contribution in [0.25, 0.3) is 11.0 Å². The molecule has 6 rings (SSSR count). The zero-order chi connectivity index (χ0) is 25.7. The van der Waals surface area contributed by atoms with Gasteiger partial charge >= 0.3 is 0 Å². The van der Waals surface area contributed by atoms with E-state index in [1.807, 2.05) is 48.8 Å². The highest BCUT2D eigenvalue weighted by atomic mass is 35.5. The van der Waals surface area contributed by atoms with E-state index in [1.54, 1.807) is 0 Å². The quantitative estimate of drug-likeness (QED) is 0.235. The van der Waals surface area contributed by atoms with Crippen LogP contribution in [0.3, 0.4) is 0 Å². The zero-order valence-corrected chi connectivity index (χ0v) is 22.0. The lowest BCUT2D eigenvalue weighted by Gasteiger charge is -2.34. The van der Waals surface area contributed by atoms with Crippen LogP contribution in [0, 0.1) is 0 Å². The van der Waals surface area contributed by atoms with E-state index in [-0.39, 0.29) is 6.04 Å². The summed E-state index contributed by atoms with van der Waals surface area (Å²) in [4.78, 5) is 20.1. The molecule has 7 heteroatoms. The SMILES string of the molecule is Clc1ccc2[nH]c(CN(Cc3ccc(CNCc4ccccn4)cc3)C3CCCc4cccnc43)nc2c1. The summed E-state index contributed by atoms with van der Waals surface area (Å²) in [7, 11) is 0. The first-order valence-corrected chi connectivity index (χ1v) is 13.6. The Bertz CT molecular complexity index is 1500. The van der Waals surface area contributed by atoms with Crippen LogP contribution in [0.1, 0.15) is 52.8 Å². The molecule has 38 heavy (non-hydrogen) atoms. The number of imidazole rings is 1. The molecule has 5 aromatic rings. The second-order valence-electron chi connectivity index (χ2n) is 9.95. The van der Waals surface area contributed by atoms with E-state index in [0.29, 0.717) is 11.6 Å². The number of fused-ring (bicyclic) bond motifs is 2. The number of hydrogen-bond acceptors (Lipinski definition) is 5. The summed E-state index contributed by atoms with van der Waals surface area (Å²) < 4.78 is 0. The number of hydrogen-bond donors (Lipinski definition) is 2. The second-order valence-corrected chi connectivity index (χ2v) is 10.4. The lowest BCUT2D eigenvalue weighted by Crippen LogP contribution is -2.31. The molecular formula is C31H31ClN6. The first kappa shape index (κ1) is 24.7. The number of aryl methyl sites for hydroxylation is 1. The Hall–Kier alpha value is -3.58. The van der Waals surface area contributed by atoms with Crippen LogP contribution < -0.4 is 5.32 Å². The van der Waals surface area contributed by atoms with Crippen molar-refractivity contribution in [1.29, 1.82) is 0 Å². The van der Waals surface area contributed by atoms with Crippen molar-refractivity contribution < 1.29 is 0 Å². The molecule has 3 heterocycles. The van der Waals surface area contributed by atoms with Gasteiger partial charge in [-0.1, -0.05) is 48.0 Å². The number of nitrogens with zero attached hydrogens (tertiary/aromatic N) is 4. The first-order chi connectivity index (χ1) is 18.7. The van der Waals surface area contributed by atoms with Gasteiger partial charge in [0.1, 0.15) is 5.82 Å². The Morgan fingerprint density at radius 1 is 0.895 bits per heavy atom. The lowest BCUT2D eigenvalue weighted by atomic mass is 9.90. The summed E-state index contributed by atoms with van der Waals surface area (Å²) in [6, 6.07) is 25.3. The van der Waals surface area contributed by atoms with Gasteiger partial charge in [0.15, 0.2) is 0 Å². The molecule has 0 spiro atoms. The van der Waals surface area contributed by atoms with Gasteiger partial charge in [-0.05, 0) is 72.4 Å². The van der Waals surface area contributed by atoms with E-state index < -0.39 is 0 Å². The van der Waals surface area contributed by atoms with Gasteiger partial charge in [0.05, 0.1) is 35.0 Å². The molecule has 2 N–H and O–H groups in total. The van der Waals surface area contributed by atoms with Crippen LogP contribution in [-0.4, -0.2) is 24.8 Å². The fourth-order valence-corrected chi connectivity index (χ4v) is 5.52. The summed E-state index contributed by atoms with van der Waals surface area (Å²) >= 11 is 6.21. The molecule has 192 valence electrons. The predicted molar refractivity (Wildman–Crippen MR) is 151 cm³/mol. The average molecular weight is 523 g/mol. The third kappa shape index (κ3) is 5.78. The molecule has 0 radical (unpaired) electrons. The Kier molecular flexibility index (Phi) is 7.45. The molecule has 0 aliphatic heterocycles. The van der Waals surface area contributed by atoms with Crippen molar-refractivity contribution in [3.8, 4) is 0 Å². The van der Waals surface area contributed by atoms with Crippen LogP contribution >= 0.6 is 11.6 Å². The maximum atomic E-state index is 6.21. The third-order valence-electron chi connectivity index (χ3n) is 7.22.